The van der Waals surface area contributed by atoms with Gasteiger partial charge in [-0.15, -0.1) is 22.7 Å². The first-order valence-electron chi connectivity index (χ1n) is 13.2. The lowest BCUT2D eigenvalue weighted by Gasteiger charge is -2.14. The fourth-order valence-electron chi connectivity index (χ4n) is 6.32. The van der Waals surface area contributed by atoms with Crippen LogP contribution in [0.15, 0.2) is 127 Å². The van der Waals surface area contributed by atoms with Crippen molar-refractivity contribution in [3.05, 3.63) is 127 Å². The lowest BCUT2D eigenvalue weighted by Crippen LogP contribution is -1.93. The van der Waals surface area contributed by atoms with Crippen molar-refractivity contribution in [2.24, 2.45) is 0 Å². The first kappa shape index (κ1) is 21.5. The Hall–Kier alpha value is -4.44. The highest BCUT2D eigenvalue weighted by atomic mass is 32.1. The van der Waals surface area contributed by atoms with Crippen molar-refractivity contribution in [2.75, 3.05) is 0 Å². The third kappa shape index (κ3) is 3.00. The van der Waals surface area contributed by atoms with Gasteiger partial charge in [-0.2, -0.15) is 0 Å². The Morgan fingerprint density at radius 1 is 0.436 bits per heavy atom. The highest BCUT2D eigenvalue weighted by Crippen LogP contribution is 2.48. The summed E-state index contributed by atoms with van der Waals surface area (Å²) in [5.74, 6) is 0. The van der Waals surface area contributed by atoms with E-state index in [9.17, 15) is 0 Å². The molecule has 0 saturated heterocycles. The zero-order valence-electron chi connectivity index (χ0n) is 20.9. The van der Waals surface area contributed by atoms with Crippen molar-refractivity contribution >= 4 is 84.8 Å². The average molecular weight is 532 g/mol. The van der Waals surface area contributed by atoms with Gasteiger partial charge in [0.25, 0.3) is 0 Å². The molecule has 1 nitrogen and oxygen atoms in total. The molecular formula is C36H21NS2. The third-order valence-corrected chi connectivity index (χ3v) is 10.3. The summed E-state index contributed by atoms with van der Waals surface area (Å²) in [5, 5.41) is 10.6. The molecule has 0 spiro atoms. The van der Waals surface area contributed by atoms with E-state index in [1.807, 2.05) is 22.7 Å². The van der Waals surface area contributed by atoms with E-state index < -0.39 is 0 Å². The van der Waals surface area contributed by atoms with E-state index in [4.69, 9.17) is 0 Å². The van der Waals surface area contributed by atoms with Gasteiger partial charge in [0, 0.05) is 36.6 Å². The molecule has 9 rings (SSSR count). The van der Waals surface area contributed by atoms with Crippen LogP contribution in [0.4, 0.5) is 0 Å². The predicted molar refractivity (Wildman–Crippen MR) is 172 cm³/mol. The highest BCUT2D eigenvalue weighted by molar-refractivity contribution is 7.28. The molecule has 0 N–H and O–H groups in total. The first-order chi connectivity index (χ1) is 19.3. The van der Waals surface area contributed by atoms with Gasteiger partial charge in [0.2, 0.25) is 0 Å². The van der Waals surface area contributed by atoms with Gasteiger partial charge in [0.1, 0.15) is 9.66 Å². The number of fused-ring (bicyclic) bond motifs is 9. The summed E-state index contributed by atoms with van der Waals surface area (Å²) >= 11 is 3.80. The van der Waals surface area contributed by atoms with Gasteiger partial charge in [0.15, 0.2) is 0 Å². The molecule has 0 aliphatic rings. The molecule has 39 heavy (non-hydrogen) atoms. The Bertz CT molecular complexity index is 2260. The van der Waals surface area contributed by atoms with E-state index in [1.54, 1.807) is 0 Å². The Kier molecular flexibility index (Phi) is 4.43. The summed E-state index contributed by atoms with van der Waals surface area (Å²) < 4.78 is 5.19. The molecule has 6 aromatic carbocycles. The third-order valence-electron chi connectivity index (χ3n) is 7.97. The number of rotatable bonds is 2. The Labute approximate surface area is 232 Å². The first-order valence-corrected chi connectivity index (χ1v) is 14.8. The minimum atomic E-state index is 1.21. The maximum absolute atomic E-state index is 2.51. The Balaban J connectivity index is 1.40. The Morgan fingerprint density at radius 3 is 1.54 bits per heavy atom. The van der Waals surface area contributed by atoms with E-state index in [-0.39, 0.29) is 0 Å². The van der Waals surface area contributed by atoms with Crippen LogP contribution < -0.4 is 0 Å². The molecule has 0 unspecified atom stereocenters. The normalized spacial score (nSPS) is 12.1. The van der Waals surface area contributed by atoms with Crippen LogP contribution in [0, 0.1) is 0 Å². The van der Waals surface area contributed by atoms with Crippen molar-refractivity contribution in [1.29, 1.82) is 0 Å². The number of nitrogens with zero attached hydrogens (tertiary/aromatic N) is 1. The fourth-order valence-corrected chi connectivity index (χ4v) is 8.85. The van der Waals surface area contributed by atoms with Crippen molar-refractivity contribution in [1.82, 2.24) is 4.57 Å². The molecule has 0 bridgehead atoms. The molecule has 0 atom stereocenters. The zero-order chi connectivity index (χ0) is 25.5. The highest BCUT2D eigenvalue weighted by Gasteiger charge is 2.22. The summed E-state index contributed by atoms with van der Waals surface area (Å²) in [6.07, 6.45) is 0. The van der Waals surface area contributed by atoms with Crippen molar-refractivity contribution in [2.45, 2.75) is 0 Å². The van der Waals surface area contributed by atoms with E-state index in [2.05, 4.69) is 132 Å². The lowest BCUT2D eigenvalue weighted by atomic mass is 9.92. The number of aromatic nitrogens is 1. The zero-order valence-corrected chi connectivity index (χ0v) is 22.5. The van der Waals surface area contributed by atoms with E-state index in [1.165, 1.54) is 79.0 Å². The Morgan fingerprint density at radius 2 is 0.949 bits per heavy atom. The molecule has 0 amide bonds. The summed E-state index contributed by atoms with van der Waals surface area (Å²) in [5.41, 5.74) is 3.76. The van der Waals surface area contributed by atoms with E-state index in [0.717, 1.165) is 0 Å². The summed E-state index contributed by atoms with van der Waals surface area (Å²) in [4.78, 5) is 2.64. The van der Waals surface area contributed by atoms with Gasteiger partial charge >= 0.3 is 0 Å². The minimum Gasteiger partial charge on any atom is -0.292 e. The second-order valence-electron chi connectivity index (χ2n) is 10.1. The van der Waals surface area contributed by atoms with Crippen molar-refractivity contribution in [3.63, 3.8) is 0 Å². The molecule has 3 heterocycles. The maximum Gasteiger partial charge on any atom is 0.110 e. The minimum absolute atomic E-state index is 1.21. The SMILES string of the molecule is c1cc(-c2c3ccccc3cc3ccccc23)cc(-n2c3sc4ccccc4c3c3c4ccccc4sc32)c1. The fraction of sp³-hybridized carbons (Fsp3) is 0. The number of hydrogen-bond donors (Lipinski definition) is 0. The molecule has 0 radical (unpaired) electrons. The summed E-state index contributed by atoms with van der Waals surface area (Å²) in [7, 11) is 0. The van der Waals surface area contributed by atoms with Crippen LogP contribution in [-0.4, -0.2) is 4.57 Å². The molecule has 0 saturated carbocycles. The molecule has 0 aliphatic carbocycles. The summed E-state index contributed by atoms with van der Waals surface area (Å²) in [6.45, 7) is 0. The second-order valence-corrected chi connectivity index (χ2v) is 12.2. The number of hydrogen-bond acceptors (Lipinski definition) is 2. The van der Waals surface area contributed by atoms with Gasteiger partial charge in [0.05, 0.1) is 0 Å². The maximum atomic E-state index is 2.51. The molecule has 9 aromatic rings. The van der Waals surface area contributed by atoms with Crippen LogP contribution >= 0.6 is 22.7 Å². The summed E-state index contributed by atoms with van der Waals surface area (Å²) in [6, 6.07) is 46.7. The standard InChI is InChI=1S/C36H21NS2/c1-3-14-26-22(10-1)20-23-11-2-4-15-27(23)32(26)24-12-9-13-25(21-24)37-35-33(28-16-5-7-18-30(28)38-35)34-29-17-6-8-19-31(29)39-36(34)37/h1-21H. The molecule has 0 fully saturated rings. The second kappa shape index (κ2) is 8.03. The van der Waals surface area contributed by atoms with Gasteiger partial charge in [-0.25, -0.2) is 0 Å². The van der Waals surface area contributed by atoms with Crippen LogP contribution in [0.25, 0.3) is 79.0 Å². The smallest absolute Gasteiger partial charge is 0.110 e. The lowest BCUT2D eigenvalue weighted by molar-refractivity contribution is 1.21. The van der Waals surface area contributed by atoms with Crippen LogP contribution in [0.5, 0.6) is 0 Å². The molecular weight excluding hydrogens is 511 g/mol. The van der Waals surface area contributed by atoms with Crippen LogP contribution in [0.1, 0.15) is 0 Å². The van der Waals surface area contributed by atoms with Gasteiger partial charge < -0.3 is 0 Å². The van der Waals surface area contributed by atoms with Gasteiger partial charge in [-0.1, -0.05) is 97.1 Å². The predicted octanol–water partition coefficient (Wildman–Crippen LogP) is 11.2. The van der Waals surface area contributed by atoms with Crippen LogP contribution in [0.2, 0.25) is 0 Å². The largest absolute Gasteiger partial charge is 0.292 e. The number of thiophene rings is 2. The monoisotopic (exact) mass is 531 g/mol. The molecule has 182 valence electrons. The van der Waals surface area contributed by atoms with Gasteiger partial charge in [-0.3, -0.25) is 4.57 Å². The topological polar surface area (TPSA) is 4.93 Å². The van der Waals surface area contributed by atoms with Crippen molar-refractivity contribution < 1.29 is 0 Å². The van der Waals surface area contributed by atoms with E-state index in [0.29, 0.717) is 0 Å². The quantitative estimate of drug-likeness (QED) is 0.196. The van der Waals surface area contributed by atoms with E-state index >= 15 is 0 Å². The van der Waals surface area contributed by atoms with Gasteiger partial charge in [-0.05, 0) is 63.0 Å². The van der Waals surface area contributed by atoms with Crippen LogP contribution in [0.3, 0.4) is 0 Å². The average Bonchev–Trinajstić information content (AvgIpc) is 3.63. The molecule has 3 aromatic heterocycles. The van der Waals surface area contributed by atoms with Crippen LogP contribution in [-0.2, 0) is 0 Å². The number of benzene rings is 6. The molecule has 3 heteroatoms. The van der Waals surface area contributed by atoms with Crippen molar-refractivity contribution in [3.8, 4) is 16.8 Å². The molecule has 0 aliphatic heterocycles.